The Morgan fingerprint density at radius 2 is 2.09 bits per heavy atom. The summed E-state index contributed by atoms with van der Waals surface area (Å²) in [5.74, 6) is -0.245. The van der Waals surface area contributed by atoms with Crippen LogP contribution >= 0.6 is 0 Å². The first-order valence-corrected chi connectivity index (χ1v) is 3.69. The van der Waals surface area contributed by atoms with Gasteiger partial charge in [-0.3, -0.25) is 0 Å². The van der Waals surface area contributed by atoms with Crippen LogP contribution in [0.5, 0.6) is 0 Å². The number of hydrogen-bond donors (Lipinski definition) is 1. The number of halogens is 1. The minimum absolute atomic E-state index is 0.245. The van der Waals surface area contributed by atoms with Gasteiger partial charge in [0.25, 0.3) is 0 Å². The first kappa shape index (κ1) is 8.05. The minimum atomic E-state index is -0.245. The molecule has 1 aromatic rings. The Bertz CT molecular complexity index is 269. The smallest absolute Gasteiger partial charge is 0.125 e. The molecule has 0 atom stereocenters. The van der Waals surface area contributed by atoms with E-state index in [9.17, 15) is 4.39 Å². The van der Waals surface area contributed by atoms with Crippen LogP contribution < -0.4 is 5.73 Å². The third-order valence-electron chi connectivity index (χ3n) is 1.90. The first-order valence-electron chi connectivity index (χ1n) is 3.69. The number of rotatable bonds is 1. The van der Waals surface area contributed by atoms with Crippen molar-refractivity contribution in [3.63, 3.8) is 0 Å². The lowest BCUT2D eigenvalue weighted by atomic mass is 10.0. The molecule has 0 heterocycles. The standard InChI is InChI=1S/C9H12FN/c1-3-7-4-8(10)5-9(11)6(7)2/h4-5H,3,11H2,1-2H3. The molecule has 60 valence electrons. The van der Waals surface area contributed by atoms with E-state index in [4.69, 9.17) is 5.73 Å². The molecule has 2 heteroatoms. The first-order chi connectivity index (χ1) is 5.15. The Morgan fingerprint density at radius 1 is 1.45 bits per heavy atom. The van der Waals surface area contributed by atoms with Gasteiger partial charge in [-0.1, -0.05) is 6.92 Å². The van der Waals surface area contributed by atoms with Gasteiger partial charge in [-0.15, -0.1) is 0 Å². The van der Waals surface area contributed by atoms with Gasteiger partial charge >= 0.3 is 0 Å². The van der Waals surface area contributed by atoms with Crippen LogP contribution in [0.2, 0.25) is 0 Å². The molecule has 0 radical (unpaired) electrons. The van der Waals surface area contributed by atoms with E-state index in [0.29, 0.717) is 5.69 Å². The molecule has 0 saturated heterocycles. The SMILES string of the molecule is CCc1cc(F)cc(N)c1C. The summed E-state index contributed by atoms with van der Waals surface area (Å²) >= 11 is 0. The lowest BCUT2D eigenvalue weighted by molar-refractivity contribution is 0.626. The van der Waals surface area contributed by atoms with Crippen molar-refractivity contribution in [1.29, 1.82) is 0 Å². The van der Waals surface area contributed by atoms with Crippen LogP contribution in [0.15, 0.2) is 12.1 Å². The molecule has 0 aromatic heterocycles. The van der Waals surface area contributed by atoms with Gasteiger partial charge in [-0.25, -0.2) is 4.39 Å². The third-order valence-corrected chi connectivity index (χ3v) is 1.90. The topological polar surface area (TPSA) is 26.0 Å². The summed E-state index contributed by atoms with van der Waals surface area (Å²) in [4.78, 5) is 0. The fourth-order valence-corrected chi connectivity index (χ4v) is 1.13. The van der Waals surface area contributed by atoms with Crippen molar-refractivity contribution in [2.45, 2.75) is 20.3 Å². The molecule has 0 amide bonds. The number of hydrogen-bond acceptors (Lipinski definition) is 1. The van der Waals surface area contributed by atoms with Crippen LogP contribution in [-0.4, -0.2) is 0 Å². The number of anilines is 1. The number of nitrogens with two attached hydrogens (primary N) is 1. The molecule has 0 aliphatic heterocycles. The maximum absolute atomic E-state index is 12.7. The maximum atomic E-state index is 12.7. The Hall–Kier alpha value is -1.05. The normalized spacial score (nSPS) is 10.1. The summed E-state index contributed by atoms with van der Waals surface area (Å²) < 4.78 is 12.7. The van der Waals surface area contributed by atoms with Gasteiger partial charge in [0.05, 0.1) is 0 Å². The fourth-order valence-electron chi connectivity index (χ4n) is 1.13. The molecular weight excluding hydrogens is 141 g/mol. The van der Waals surface area contributed by atoms with E-state index in [1.165, 1.54) is 12.1 Å². The largest absolute Gasteiger partial charge is 0.398 e. The Kier molecular flexibility index (Phi) is 2.13. The quantitative estimate of drug-likeness (QED) is 0.615. The molecule has 1 nitrogen and oxygen atoms in total. The van der Waals surface area contributed by atoms with Crippen molar-refractivity contribution < 1.29 is 4.39 Å². The molecule has 0 aliphatic carbocycles. The van der Waals surface area contributed by atoms with E-state index in [1.54, 1.807) is 0 Å². The van der Waals surface area contributed by atoms with Crippen LogP contribution in [0.1, 0.15) is 18.1 Å². The maximum Gasteiger partial charge on any atom is 0.125 e. The van der Waals surface area contributed by atoms with Gasteiger partial charge in [-0.2, -0.15) is 0 Å². The average molecular weight is 153 g/mol. The molecule has 1 rings (SSSR count). The molecule has 11 heavy (non-hydrogen) atoms. The van der Waals surface area contributed by atoms with E-state index in [2.05, 4.69) is 0 Å². The number of benzene rings is 1. The van der Waals surface area contributed by atoms with Crippen LogP contribution in [0.4, 0.5) is 10.1 Å². The molecular formula is C9H12FN. The highest BCUT2D eigenvalue weighted by molar-refractivity contribution is 5.50. The van der Waals surface area contributed by atoms with Gasteiger partial charge < -0.3 is 5.73 Å². The summed E-state index contributed by atoms with van der Waals surface area (Å²) in [5, 5.41) is 0. The molecule has 0 spiro atoms. The summed E-state index contributed by atoms with van der Waals surface area (Å²) in [5.41, 5.74) is 8.08. The zero-order valence-electron chi connectivity index (χ0n) is 6.82. The predicted molar refractivity (Wildman–Crippen MR) is 44.9 cm³/mol. The molecule has 1 aromatic carbocycles. The highest BCUT2D eigenvalue weighted by Crippen LogP contribution is 2.18. The summed E-state index contributed by atoms with van der Waals surface area (Å²) in [6.07, 6.45) is 0.827. The highest BCUT2D eigenvalue weighted by Gasteiger charge is 2.01. The van der Waals surface area contributed by atoms with Crippen LogP contribution in [-0.2, 0) is 6.42 Å². The van der Waals surface area contributed by atoms with Gasteiger partial charge in [0.15, 0.2) is 0 Å². The Labute approximate surface area is 66.0 Å². The predicted octanol–water partition coefficient (Wildman–Crippen LogP) is 2.28. The second kappa shape index (κ2) is 2.91. The van der Waals surface area contributed by atoms with E-state index in [1.807, 2.05) is 13.8 Å². The van der Waals surface area contributed by atoms with Crippen molar-refractivity contribution in [3.8, 4) is 0 Å². The molecule has 0 saturated carbocycles. The second-order valence-electron chi connectivity index (χ2n) is 2.63. The van der Waals surface area contributed by atoms with Crippen LogP contribution in [0.25, 0.3) is 0 Å². The lowest BCUT2D eigenvalue weighted by Gasteiger charge is -2.05. The van der Waals surface area contributed by atoms with Gasteiger partial charge in [-0.05, 0) is 36.6 Å². The number of nitrogen functional groups attached to an aromatic ring is 1. The Balaban J connectivity index is 3.24. The highest BCUT2D eigenvalue weighted by atomic mass is 19.1. The van der Waals surface area contributed by atoms with Gasteiger partial charge in [0, 0.05) is 5.69 Å². The fraction of sp³-hybridized carbons (Fsp3) is 0.333. The van der Waals surface area contributed by atoms with Crippen LogP contribution in [0, 0.1) is 12.7 Å². The molecule has 0 fully saturated rings. The van der Waals surface area contributed by atoms with Crippen molar-refractivity contribution in [2.24, 2.45) is 0 Å². The molecule has 0 unspecified atom stereocenters. The second-order valence-corrected chi connectivity index (χ2v) is 2.63. The zero-order chi connectivity index (χ0) is 8.43. The molecule has 0 bridgehead atoms. The summed E-state index contributed by atoms with van der Waals surface area (Å²) in [6.45, 7) is 3.90. The van der Waals surface area contributed by atoms with Crippen molar-refractivity contribution in [2.75, 3.05) is 5.73 Å². The van der Waals surface area contributed by atoms with E-state index in [0.717, 1.165) is 17.5 Å². The third kappa shape index (κ3) is 1.50. The number of aryl methyl sites for hydroxylation is 1. The van der Waals surface area contributed by atoms with E-state index >= 15 is 0 Å². The lowest BCUT2D eigenvalue weighted by Crippen LogP contribution is -1.96. The zero-order valence-corrected chi connectivity index (χ0v) is 6.82. The minimum Gasteiger partial charge on any atom is -0.398 e. The molecule has 2 N–H and O–H groups in total. The van der Waals surface area contributed by atoms with Gasteiger partial charge in [0.1, 0.15) is 5.82 Å². The average Bonchev–Trinajstić information content (AvgIpc) is 1.96. The van der Waals surface area contributed by atoms with E-state index in [-0.39, 0.29) is 5.82 Å². The van der Waals surface area contributed by atoms with Crippen LogP contribution in [0.3, 0.4) is 0 Å². The summed E-state index contributed by atoms with van der Waals surface area (Å²) in [7, 11) is 0. The molecule has 0 aliphatic rings. The Morgan fingerprint density at radius 3 is 2.64 bits per heavy atom. The summed E-state index contributed by atoms with van der Waals surface area (Å²) in [6, 6.07) is 2.89. The van der Waals surface area contributed by atoms with Crippen molar-refractivity contribution in [3.05, 3.63) is 29.1 Å². The monoisotopic (exact) mass is 153 g/mol. The van der Waals surface area contributed by atoms with Gasteiger partial charge in [0.2, 0.25) is 0 Å². The van der Waals surface area contributed by atoms with Crippen molar-refractivity contribution in [1.82, 2.24) is 0 Å². The van der Waals surface area contributed by atoms with Crippen molar-refractivity contribution >= 4 is 5.69 Å². The van der Waals surface area contributed by atoms with E-state index < -0.39 is 0 Å².